The van der Waals surface area contributed by atoms with Gasteiger partial charge in [-0.05, 0) is 19.2 Å². The molecule has 0 bridgehead atoms. The summed E-state index contributed by atoms with van der Waals surface area (Å²) in [5.74, 6) is -2.02. The topological polar surface area (TPSA) is 67.6 Å². The van der Waals surface area contributed by atoms with Crippen LogP contribution in [0.5, 0.6) is 5.75 Å². The third kappa shape index (κ3) is 8.21. The molecule has 2 aromatic rings. The van der Waals surface area contributed by atoms with Crippen molar-refractivity contribution in [3.05, 3.63) is 47.2 Å². The highest BCUT2D eigenvalue weighted by molar-refractivity contribution is 6.32. The fraction of sp³-hybridized carbons (Fsp3) is 0.375. The molecule has 0 saturated carbocycles. The molecule has 0 saturated heterocycles. The van der Waals surface area contributed by atoms with Crippen LogP contribution in [0.3, 0.4) is 0 Å². The summed E-state index contributed by atoms with van der Waals surface area (Å²) >= 11 is 6.02. The number of nitrogens with zero attached hydrogens (tertiary/aromatic N) is 3. The fourth-order valence-corrected chi connectivity index (χ4v) is 2.01. The number of carboxylic acids is 1. The second kappa shape index (κ2) is 10.0. The zero-order valence-corrected chi connectivity index (χ0v) is 15.0. The van der Waals surface area contributed by atoms with Crippen LogP contribution in [0.2, 0.25) is 5.02 Å². The van der Waals surface area contributed by atoms with Crippen molar-refractivity contribution in [2.75, 3.05) is 20.2 Å². The number of carboxylic acid groups (broad SMARTS) is 1. The number of aliphatic carboxylic acids is 1. The number of aryl methyl sites for hydroxylation is 1. The van der Waals surface area contributed by atoms with E-state index in [1.54, 1.807) is 0 Å². The van der Waals surface area contributed by atoms with Gasteiger partial charge in [-0.15, -0.1) is 0 Å². The van der Waals surface area contributed by atoms with E-state index in [2.05, 4.69) is 17.0 Å². The third-order valence-corrected chi connectivity index (χ3v) is 3.33. The third-order valence-electron chi connectivity index (χ3n) is 3.02. The molecule has 0 aliphatic heterocycles. The summed E-state index contributed by atoms with van der Waals surface area (Å²) in [6.45, 7) is 2.31. The molecule has 0 atom stereocenters. The number of benzene rings is 1. The molecule has 0 aliphatic rings. The highest BCUT2D eigenvalue weighted by Crippen LogP contribution is 2.22. The summed E-state index contributed by atoms with van der Waals surface area (Å²) in [5.41, 5.74) is 1.20. The zero-order valence-electron chi connectivity index (χ0n) is 14.2. The Morgan fingerprint density at radius 3 is 2.50 bits per heavy atom. The predicted molar refractivity (Wildman–Crippen MR) is 90.2 cm³/mol. The Morgan fingerprint density at radius 2 is 2.00 bits per heavy atom. The molecule has 0 fully saturated rings. The molecule has 26 heavy (non-hydrogen) atoms. The average molecular weight is 394 g/mol. The van der Waals surface area contributed by atoms with Crippen LogP contribution in [-0.4, -0.2) is 52.1 Å². The minimum Gasteiger partial charge on any atom is -0.491 e. The van der Waals surface area contributed by atoms with Crippen molar-refractivity contribution < 1.29 is 27.8 Å². The van der Waals surface area contributed by atoms with E-state index < -0.39 is 12.1 Å². The number of aromatic nitrogens is 2. The van der Waals surface area contributed by atoms with Crippen molar-refractivity contribution in [1.82, 2.24) is 14.7 Å². The lowest BCUT2D eigenvalue weighted by Crippen LogP contribution is -2.23. The van der Waals surface area contributed by atoms with Gasteiger partial charge in [-0.25, -0.2) is 4.79 Å². The molecule has 0 amide bonds. The van der Waals surface area contributed by atoms with Crippen molar-refractivity contribution in [2.45, 2.75) is 12.7 Å². The highest BCUT2D eigenvalue weighted by atomic mass is 35.5. The quantitative estimate of drug-likeness (QED) is 0.816. The Labute approximate surface area is 153 Å². The molecule has 6 nitrogen and oxygen atoms in total. The van der Waals surface area contributed by atoms with Crippen molar-refractivity contribution in [1.29, 1.82) is 0 Å². The second-order valence-electron chi connectivity index (χ2n) is 5.34. The normalized spacial score (nSPS) is 11.0. The standard InChI is InChI=1S/C14H18ClN3O.C2HF3O2/c1-17(10-12-9-16-18(2)11-12)7-8-19-14-6-4-3-5-13(14)15;3-2(4,5)1(6)7/h3-6,9,11H,7-8,10H2,1-2H3;(H,6,7). The predicted octanol–water partition coefficient (Wildman–Crippen LogP) is 3.22. The molecule has 1 N–H and O–H groups in total. The Kier molecular flexibility index (Phi) is 8.40. The number of carbonyl (C=O) groups is 1. The minimum absolute atomic E-state index is 0.612. The first-order valence-corrected chi connectivity index (χ1v) is 7.81. The minimum atomic E-state index is -5.08. The monoisotopic (exact) mass is 393 g/mol. The van der Waals surface area contributed by atoms with Gasteiger partial charge in [0.05, 0.1) is 11.2 Å². The van der Waals surface area contributed by atoms with Gasteiger partial charge in [0, 0.05) is 31.9 Å². The molecule has 0 unspecified atom stereocenters. The van der Waals surface area contributed by atoms with Gasteiger partial charge in [0.15, 0.2) is 0 Å². The van der Waals surface area contributed by atoms with E-state index in [9.17, 15) is 13.2 Å². The molecule has 2 rings (SSSR count). The van der Waals surface area contributed by atoms with Crippen molar-refractivity contribution in [3.8, 4) is 5.75 Å². The lowest BCUT2D eigenvalue weighted by atomic mass is 10.3. The summed E-state index contributed by atoms with van der Waals surface area (Å²) in [6, 6.07) is 7.52. The number of halogens is 4. The maximum Gasteiger partial charge on any atom is 0.490 e. The number of hydrogen-bond acceptors (Lipinski definition) is 4. The van der Waals surface area contributed by atoms with E-state index in [1.807, 2.05) is 48.4 Å². The van der Waals surface area contributed by atoms with Crippen LogP contribution in [-0.2, 0) is 18.4 Å². The highest BCUT2D eigenvalue weighted by Gasteiger charge is 2.38. The maximum atomic E-state index is 10.6. The number of likely N-dealkylation sites (N-methyl/N-ethyl adjacent to an activating group) is 1. The van der Waals surface area contributed by atoms with Crippen LogP contribution in [0, 0.1) is 0 Å². The number of para-hydroxylation sites is 1. The van der Waals surface area contributed by atoms with E-state index in [-0.39, 0.29) is 0 Å². The van der Waals surface area contributed by atoms with Crippen LogP contribution in [0.1, 0.15) is 5.56 Å². The Morgan fingerprint density at radius 1 is 1.38 bits per heavy atom. The first kappa shape index (κ1) is 21.8. The van der Waals surface area contributed by atoms with E-state index in [1.165, 1.54) is 5.56 Å². The molecule has 1 aromatic heterocycles. The van der Waals surface area contributed by atoms with Gasteiger partial charge in [0.2, 0.25) is 0 Å². The van der Waals surface area contributed by atoms with Gasteiger partial charge in [-0.3, -0.25) is 9.58 Å². The van der Waals surface area contributed by atoms with E-state index in [4.69, 9.17) is 26.2 Å². The smallest absolute Gasteiger partial charge is 0.490 e. The lowest BCUT2D eigenvalue weighted by molar-refractivity contribution is -0.192. The van der Waals surface area contributed by atoms with Gasteiger partial charge >= 0.3 is 12.1 Å². The SMILES string of the molecule is CN(CCOc1ccccc1Cl)Cc1cnn(C)c1.O=C(O)C(F)(F)F. The number of ether oxygens (including phenoxy) is 1. The van der Waals surface area contributed by atoms with Crippen LogP contribution in [0.15, 0.2) is 36.7 Å². The lowest BCUT2D eigenvalue weighted by Gasteiger charge is -2.16. The molecule has 144 valence electrons. The Balaban J connectivity index is 0.000000412. The van der Waals surface area contributed by atoms with E-state index >= 15 is 0 Å². The maximum absolute atomic E-state index is 10.6. The molecular weight excluding hydrogens is 375 g/mol. The van der Waals surface area contributed by atoms with Crippen LogP contribution >= 0.6 is 11.6 Å². The van der Waals surface area contributed by atoms with Gasteiger partial charge < -0.3 is 9.84 Å². The second-order valence-corrected chi connectivity index (χ2v) is 5.75. The van der Waals surface area contributed by atoms with Gasteiger partial charge in [-0.2, -0.15) is 18.3 Å². The van der Waals surface area contributed by atoms with Crippen molar-refractivity contribution in [3.63, 3.8) is 0 Å². The fourth-order valence-electron chi connectivity index (χ4n) is 1.82. The summed E-state index contributed by atoms with van der Waals surface area (Å²) in [6.07, 6.45) is -1.18. The van der Waals surface area contributed by atoms with E-state index in [0.29, 0.717) is 11.6 Å². The average Bonchev–Trinajstić information content (AvgIpc) is 2.94. The molecule has 0 spiro atoms. The largest absolute Gasteiger partial charge is 0.491 e. The number of hydrogen-bond donors (Lipinski definition) is 1. The van der Waals surface area contributed by atoms with Crippen LogP contribution in [0.4, 0.5) is 13.2 Å². The van der Waals surface area contributed by atoms with Crippen molar-refractivity contribution in [2.24, 2.45) is 7.05 Å². The molecule has 0 aliphatic carbocycles. The molecule has 1 heterocycles. The summed E-state index contributed by atoms with van der Waals surface area (Å²) in [5, 5.41) is 11.9. The zero-order chi connectivity index (χ0) is 19.7. The molecular formula is C16H19ClF3N3O3. The number of rotatable bonds is 6. The first-order chi connectivity index (χ1) is 12.1. The van der Waals surface area contributed by atoms with Crippen LogP contribution < -0.4 is 4.74 Å². The van der Waals surface area contributed by atoms with E-state index in [0.717, 1.165) is 18.8 Å². The Bertz CT molecular complexity index is 707. The van der Waals surface area contributed by atoms with Gasteiger partial charge in [-0.1, -0.05) is 23.7 Å². The van der Waals surface area contributed by atoms with Crippen LogP contribution in [0.25, 0.3) is 0 Å². The van der Waals surface area contributed by atoms with Gasteiger partial charge in [0.1, 0.15) is 12.4 Å². The molecule has 1 aromatic carbocycles. The summed E-state index contributed by atoms with van der Waals surface area (Å²) in [7, 11) is 3.98. The van der Waals surface area contributed by atoms with Gasteiger partial charge in [0.25, 0.3) is 0 Å². The molecule has 10 heteroatoms. The summed E-state index contributed by atoms with van der Waals surface area (Å²) < 4.78 is 39.2. The first-order valence-electron chi connectivity index (χ1n) is 7.43. The summed E-state index contributed by atoms with van der Waals surface area (Å²) in [4.78, 5) is 11.1. The number of alkyl halides is 3. The Hall–Kier alpha value is -2.26. The van der Waals surface area contributed by atoms with Crippen molar-refractivity contribution >= 4 is 17.6 Å². The molecule has 0 radical (unpaired) electrons.